The third-order valence-electron chi connectivity index (χ3n) is 3.72. The van der Waals surface area contributed by atoms with Crippen LogP contribution in [0, 0.1) is 0 Å². The maximum absolute atomic E-state index is 12.5. The van der Waals surface area contributed by atoms with Crippen LogP contribution in [-0.2, 0) is 0 Å². The summed E-state index contributed by atoms with van der Waals surface area (Å²) in [5, 5.41) is 11.9. The number of para-hydroxylation sites is 1. The number of carbonyl (C=O) groups excluding carboxylic acids is 1. The minimum absolute atomic E-state index is 0.0235. The van der Waals surface area contributed by atoms with Gasteiger partial charge in [0, 0.05) is 18.9 Å². The van der Waals surface area contributed by atoms with Crippen LogP contribution >= 0.6 is 22.7 Å². The molecule has 1 N–H and O–H groups in total. The topological polar surface area (TPSA) is 59.8 Å². The van der Waals surface area contributed by atoms with Crippen molar-refractivity contribution < 1.29 is 4.79 Å². The van der Waals surface area contributed by atoms with Gasteiger partial charge in [-0.2, -0.15) is 16.4 Å². The largest absolute Gasteiger partial charge is 0.347 e. The summed E-state index contributed by atoms with van der Waals surface area (Å²) in [7, 11) is 0. The van der Waals surface area contributed by atoms with E-state index in [1.807, 2.05) is 46.6 Å². The number of thiazole rings is 1. The molecule has 0 aliphatic heterocycles. The second kappa shape index (κ2) is 6.54. The number of amides is 1. The maximum Gasteiger partial charge on any atom is 0.280 e. The van der Waals surface area contributed by atoms with Crippen molar-refractivity contribution in [3.8, 4) is 0 Å². The van der Waals surface area contributed by atoms with E-state index in [-0.39, 0.29) is 11.9 Å². The predicted molar refractivity (Wildman–Crippen MR) is 96.6 cm³/mol. The summed E-state index contributed by atoms with van der Waals surface area (Å²) in [6.07, 6.45) is 3.65. The van der Waals surface area contributed by atoms with Crippen LogP contribution in [0.4, 0.5) is 0 Å². The first-order valence-electron chi connectivity index (χ1n) is 7.46. The Morgan fingerprint density at radius 1 is 1.25 bits per heavy atom. The van der Waals surface area contributed by atoms with Crippen molar-refractivity contribution in [1.82, 2.24) is 20.1 Å². The van der Waals surface area contributed by atoms with E-state index >= 15 is 0 Å². The van der Waals surface area contributed by atoms with E-state index in [0.29, 0.717) is 11.6 Å². The van der Waals surface area contributed by atoms with Crippen molar-refractivity contribution in [3.63, 3.8) is 0 Å². The molecular formula is C17H14N4OS2. The Kier molecular flexibility index (Phi) is 4.10. The van der Waals surface area contributed by atoms with E-state index in [2.05, 4.69) is 26.8 Å². The summed E-state index contributed by atoms with van der Waals surface area (Å²) in [6, 6.07) is 11.7. The van der Waals surface area contributed by atoms with Crippen molar-refractivity contribution >= 4 is 38.8 Å². The highest BCUT2D eigenvalue weighted by molar-refractivity contribution is 7.20. The molecule has 4 rings (SSSR count). The Hall–Kier alpha value is -2.51. The van der Waals surface area contributed by atoms with E-state index in [1.54, 1.807) is 17.5 Å². The number of hydrogen-bond acceptors (Lipinski definition) is 5. The quantitative estimate of drug-likeness (QED) is 0.596. The second-order valence-electron chi connectivity index (χ2n) is 5.26. The molecule has 24 heavy (non-hydrogen) atoms. The first-order chi connectivity index (χ1) is 11.8. The van der Waals surface area contributed by atoms with Crippen molar-refractivity contribution in [2.75, 3.05) is 6.54 Å². The highest BCUT2D eigenvalue weighted by Crippen LogP contribution is 2.22. The van der Waals surface area contributed by atoms with Gasteiger partial charge in [0.15, 0.2) is 5.01 Å². The molecule has 3 heterocycles. The highest BCUT2D eigenvalue weighted by atomic mass is 32.1. The minimum atomic E-state index is -0.149. The fraction of sp³-hybridized carbons (Fsp3) is 0.118. The average molecular weight is 354 g/mol. The molecule has 0 bridgehead atoms. The molecule has 4 aromatic rings. The van der Waals surface area contributed by atoms with Gasteiger partial charge in [0.1, 0.15) is 0 Å². The molecule has 0 aliphatic carbocycles. The lowest BCUT2D eigenvalue weighted by Gasteiger charge is -2.17. The first kappa shape index (κ1) is 15.0. The zero-order valence-electron chi connectivity index (χ0n) is 12.6. The molecule has 1 amide bonds. The van der Waals surface area contributed by atoms with Crippen LogP contribution in [0.2, 0.25) is 0 Å². The minimum Gasteiger partial charge on any atom is -0.347 e. The van der Waals surface area contributed by atoms with Gasteiger partial charge in [-0.15, -0.1) is 11.3 Å². The van der Waals surface area contributed by atoms with Gasteiger partial charge < -0.3 is 5.32 Å². The van der Waals surface area contributed by atoms with E-state index in [1.165, 1.54) is 11.3 Å². The van der Waals surface area contributed by atoms with Crippen LogP contribution in [0.5, 0.6) is 0 Å². The fourth-order valence-electron chi connectivity index (χ4n) is 2.53. The molecule has 0 radical (unpaired) electrons. The molecule has 0 saturated heterocycles. The molecule has 0 saturated carbocycles. The van der Waals surface area contributed by atoms with Gasteiger partial charge in [0.25, 0.3) is 5.91 Å². The van der Waals surface area contributed by atoms with Crippen LogP contribution < -0.4 is 5.32 Å². The maximum atomic E-state index is 12.5. The van der Waals surface area contributed by atoms with Crippen LogP contribution in [-0.4, -0.2) is 27.2 Å². The molecular weight excluding hydrogens is 340 g/mol. The summed E-state index contributed by atoms with van der Waals surface area (Å²) >= 11 is 3.04. The molecule has 120 valence electrons. The van der Waals surface area contributed by atoms with Gasteiger partial charge in [-0.25, -0.2) is 4.98 Å². The predicted octanol–water partition coefficient (Wildman–Crippen LogP) is 3.57. The molecule has 0 fully saturated rings. The molecule has 0 aliphatic rings. The fourth-order valence-corrected chi connectivity index (χ4v) is 4.12. The highest BCUT2D eigenvalue weighted by Gasteiger charge is 2.18. The van der Waals surface area contributed by atoms with Crippen LogP contribution in [0.1, 0.15) is 21.4 Å². The Labute approximate surface area is 146 Å². The number of benzene rings is 1. The van der Waals surface area contributed by atoms with Gasteiger partial charge in [-0.1, -0.05) is 12.1 Å². The summed E-state index contributed by atoms with van der Waals surface area (Å²) in [5.41, 5.74) is 1.99. The summed E-state index contributed by atoms with van der Waals surface area (Å²) in [5.74, 6) is -0.149. The van der Waals surface area contributed by atoms with Gasteiger partial charge >= 0.3 is 0 Å². The smallest absolute Gasteiger partial charge is 0.280 e. The van der Waals surface area contributed by atoms with Gasteiger partial charge in [0.05, 0.1) is 16.3 Å². The lowest BCUT2D eigenvalue weighted by molar-refractivity contribution is 0.0949. The van der Waals surface area contributed by atoms with Gasteiger partial charge in [-0.05, 0) is 40.6 Å². The number of thiophene rings is 1. The summed E-state index contributed by atoms with van der Waals surface area (Å²) < 4.78 is 2.88. The number of hydrogen-bond donors (Lipinski definition) is 1. The monoisotopic (exact) mass is 354 g/mol. The Bertz CT molecular complexity index is 877. The number of fused-ring (bicyclic) bond motifs is 1. The van der Waals surface area contributed by atoms with E-state index in [0.717, 1.165) is 15.8 Å². The summed E-state index contributed by atoms with van der Waals surface area (Å²) in [4.78, 5) is 16.9. The third kappa shape index (κ3) is 2.95. The number of aromatic nitrogens is 3. The molecule has 7 heteroatoms. The second-order valence-corrected chi connectivity index (χ2v) is 7.07. The summed E-state index contributed by atoms with van der Waals surface area (Å²) in [6.45, 7) is 0.465. The molecule has 0 spiro atoms. The molecule has 3 aromatic heterocycles. The molecule has 0 unspecified atom stereocenters. The Morgan fingerprint density at radius 3 is 2.92 bits per heavy atom. The Morgan fingerprint density at radius 2 is 2.17 bits per heavy atom. The van der Waals surface area contributed by atoms with Crippen molar-refractivity contribution in [1.29, 1.82) is 0 Å². The average Bonchev–Trinajstić information content (AvgIpc) is 3.35. The third-order valence-corrected chi connectivity index (χ3v) is 5.45. The van der Waals surface area contributed by atoms with Crippen LogP contribution in [0.15, 0.2) is 59.6 Å². The van der Waals surface area contributed by atoms with Crippen LogP contribution in [0.3, 0.4) is 0 Å². The Balaban J connectivity index is 1.52. The van der Waals surface area contributed by atoms with E-state index in [9.17, 15) is 4.79 Å². The first-order valence-corrected chi connectivity index (χ1v) is 9.22. The lowest BCUT2D eigenvalue weighted by Crippen LogP contribution is -2.31. The zero-order chi connectivity index (χ0) is 16.4. The SMILES string of the molecule is O=C(NC[C@H](c1ccsc1)n1cccn1)c1nc2ccccc2s1. The lowest BCUT2D eigenvalue weighted by atomic mass is 10.1. The van der Waals surface area contributed by atoms with Crippen molar-refractivity contribution in [2.24, 2.45) is 0 Å². The number of carbonyl (C=O) groups is 1. The molecule has 1 aromatic carbocycles. The number of rotatable bonds is 5. The van der Waals surface area contributed by atoms with Crippen molar-refractivity contribution in [2.45, 2.75) is 6.04 Å². The van der Waals surface area contributed by atoms with Gasteiger partial charge in [0.2, 0.25) is 0 Å². The van der Waals surface area contributed by atoms with Gasteiger partial charge in [-0.3, -0.25) is 9.48 Å². The van der Waals surface area contributed by atoms with E-state index < -0.39 is 0 Å². The standard InChI is InChI=1S/C17H14N4OS2/c22-16(17-20-13-4-1-2-5-15(13)24-17)18-10-14(12-6-9-23-11-12)21-8-3-7-19-21/h1-9,11,14H,10H2,(H,18,22)/t14-/m1/s1. The van der Waals surface area contributed by atoms with Crippen molar-refractivity contribution in [3.05, 3.63) is 70.1 Å². The van der Waals surface area contributed by atoms with E-state index in [4.69, 9.17) is 0 Å². The number of nitrogens with zero attached hydrogens (tertiary/aromatic N) is 3. The molecule has 1 atom stereocenters. The number of nitrogens with one attached hydrogen (secondary N) is 1. The molecule has 5 nitrogen and oxygen atoms in total. The normalized spacial score (nSPS) is 12.3. The zero-order valence-corrected chi connectivity index (χ0v) is 14.3. The van der Waals surface area contributed by atoms with Crippen LogP contribution in [0.25, 0.3) is 10.2 Å².